The quantitative estimate of drug-likeness (QED) is 0.134. The molecule has 0 aliphatic heterocycles. The molecule has 0 bridgehead atoms. The van der Waals surface area contributed by atoms with Crippen molar-refractivity contribution in [1.29, 1.82) is 0 Å². The van der Waals surface area contributed by atoms with Gasteiger partial charge in [0, 0.05) is 32.7 Å². The molecule has 12 heteroatoms. The van der Waals surface area contributed by atoms with Gasteiger partial charge in [-0.05, 0) is 0 Å². The normalized spacial score (nSPS) is 0.889. The van der Waals surface area contributed by atoms with Crippen molar-refractivity contribution in [2.45, 2.75) is 44.6 Å². The first-order chi connectivity index (χ1) is 2.00. The van der Waals surface area contributed by atoms with Gasteiger partial charge in [0.25, 0.3) is 0 Å². The summed E-state index contributed by atoms with van der Waals surface area (Å²) in [6.07, 6.45) is 0. The molecule has 1 radical (unpaired) electrons. The molecule has 0 aliphatic rings. The third-order valence-electron chi connectivity index (χ3n) is 0. The molecule has 0 aliphatic carbocycles. The van der Waals surface area contributed by atoms with Crippen molar-refractivity contribution in [3.05, 3.63) is 0 Å². The van der Waals surface area contributed by atoms with E-state index >= 15 is 0 Å². The van der Waals surface area contributed by atoms with Crippen LogP contribution in [0.4, 0.5) is 0 Å². The summed E-state index contributed by atoms with van der Waals surface area (Å²) < 4.78 is 0. The standard InChI is InChI=1S/6CH4.HI.9K.H3P.Y.2H/h6*1H4;1H;;;;;;;;;;1H3;;;/q;;;;;;;;;;;5*+1;;;2*-1. The smallest absolute Gasteiger partial charge is 0 e. The topological polar surface area (TPSA) is 0 Å². The van der Waals surface area contributed by atoms with Crippen LogP contribution in [0.5, 0.6) is 0 Å². The van der Waals surface area contributed by atoms with Crippen LogP contribution in [0.15, 0.2) is 0 Å². The van der Waals surface area contributed by atoms with Crippen molar-refractivity contribution in [3.8, 4) is 0 Å². The Hall–Kier alpha value is 17.0. The minimum atomic E-state index is 0. The average Bonchev–Trinajstić information content (AvgIpc) is 1.50. The Morgan fingerprint density at radius 2 is 0.444 bits per heavy atom. The molecule has 75 valence electrons. The summed E-state index contributed by atoms with van der Waals surface area (Å²) in [6.45, 7) is 0. The number of halogens is 1. The van der Waals surface area contributed by atoms with E-state index in [1.807, 2.05) is 0 Å². The number of hydrogen-bond acceptors (Lipinski definition) is 0. The average molecular weight is 701 g/mol. The second-order valence-electron chi connectivity index (χ2n) is 0. The Labute approximate surface area is 474 Å². The van der Waals surface area contributed by atoms with Gasteiger partial charge in [-0.25, -0.2) is 0 Å². The monoisotopic (exact) mass is 700 g/mol. The molecule has 18 heavy (non-hydrogen) atoms. The molecule has 0 amide bonds. The van der Waals surface area contributed by atoms with Crippen molar-refractivity contribution >= 4 is 160 Å². The van der Waals surface area contributed by atoms with Crippen molar-refractivity contribution in [2.75, 3.05) is 0 Å². The van der Waals surface area contributed by atoms with Crippen LogP contribution in [0.1, 0.15) is 47.4 Å². The van der Waals surface area contributed by atoms with Gasteiger partial charge in [0.2, 0.25) is 0 Å². The van der Waals surface area contributed by atoms with Crippen molar-refractivity contribution in [3.63, 3.8) is 0 Å². The van der Waals surface area contributed by atoms with Crippen LogP contribution in [0.25, 0.3) is 0 Å². The molecule has 0 spiro atoms. The zero-order valence-corrected chi connectivity index (χ0v) is 45.4. The number of rotatable bonds is 0. The predicted molar refractivity (Wildman–Crippen MR) is 92.1 cm³/mol. The van der Waals surface area contributed by atoms with E-state index in [4.69, 9.17) is 0 Å². The van der Waals surface area contributed by atoms with Gasteiger partial charge >= 0.3 is 383 Å². The second-order valence-corrected chi connectivity index (χ2v) is 0. The third kappa shape index (κ3) is 117. The zero-order valence-electron chi connectivity index (χ0n) is 12.7. The van der Waals surface area contributed by atoms with Gasteiger partial charge in [0.1, 0.15) is 0 Å². The molecular weight excluding hydrogens is 671 g/mol. The molecule has 1 unspecified atom stereocenters. The van der Waals surface area contributed by atoms with Crippen LogP contribution in [0, 0.1) is 0 Å². The van der Waals surface area contributed by atoms with Gasteiger partial charge in [-0.3, -0.25) is 0 Å². The van der Waals surface area contributed by atoms with E-state index in [0.717, 1.165) is 0 Å². The molecule has 0 aromatic heterocycles. The largest absolute Gasteiger partial charge is 0 e. The van der Waals surface area contributed by atoms with Crippen LogP contribution < -0.4 is 257 Å². The molecule has 0 fully saturated rings. The Kier molecular flexibility index (Phi) is 798. The van der Waals surface area contributed by atoms with Crippen LogP contribution in [0.3, 0.4) is 0 Å². The molecule has 0 saturated heterocycles. The van der Waals surface area contributed by atoms with Crippen molar-refractivity contribution < 1.29 is 292 Å². The van der Waals surface area contributed by atoms with Crippen LogP contribution in [0.2, 0.25) is 0 Å². The van der Waals surface area contributed by atoms with E-state index in [0.29, 0.717) is 0 Å². The molecule has 0 aromatic rings. The van der Waals surface area contributed by atoms with E-state index < -0.39 is 0 Å². The van der Waals surface area contributed by atoms with Gasteiger partial charge in [-0.1, -0.05) is 44.6 Å². The summed E-state index contributed by atoms with van der Waals surface area (Å²) >= 11 is 5.00. The van der Waals surface area contributed by atoms with Crippen molar-refractivity contribution in [1.82, 2.24) is 0 Å². The zero-order chi connectivity index (χ0) is 4.00. The molecule has 0 N–H and O–H groups in total. The van der Waals surface area contributed by atoms with Crippen LogP contribution in [-0.2, 0) is 32.7 Å². The Bertz CT molecular complexity index is 40.4. The molecular formula is C6H30IK9PY+3. The Morgan fingerprint density at radius 3 is 0.444 bits per heavy atom. The fourth-order valence-electron chi connectivity index (χ4n) is 0. The van der Waals surface area contributed by atoms with E-state index in [1.165, 1.54) is 126 Å². The minimum absolute atomic E-state index is 0. The van der Waals surface area contributed by atoms with E-state index in [-0.39, 0.29) is 371 Å². The maximum Gasteiger partial charge on any atom is 0 e. The third-order valence-corrected chi connectivity index (χ3v) is 0. The van der Waals surface area contributed by atoms with Crippen LogP contribution in [-0.4, -0.2) is 126 Å². The molecule has 0 nitrogen and oxygen atoms in total. The van der Waals surface area contributed by atoms with Gasteiger partial charge in [-0.2, -0.15) is 9.90 Å². The molecule has 0 aromatic carbocycles. The summed E-state index contributed by atoms with van der Waals surface area (Å²) in [7, 11) is 0. The maximum absolute atomic E-state index is 1.25. The molecule has 0 heterocycles. The Balaban J connectivity index is -0.000000000139. The fraction of sp³-hybridized carbons (Fsp3) is 1.00. The SMILES string of the molecule is C.C.C.C.C.C.I.P.[H-].[H-].[K+].[K+].[K+].[K+].[K+].[K][K].[K][K].[Y]. The summed E-state index contributed by atoms with van der Waals surface area (Å²) in [5.74, 6) is 0. The van der Waals surface area contributed by atoms with Gasteiger partial charge < -0.3 is 2.85 Å². The second kappa shape index (κ2) is 128. The van der Waals surface area contributed by atoms with E-state index in [2.05, 4.69) is 0 Å². The van der Waals surface area contributed by atoms with Gasteiger partial charge in [0.15, 0.2) is 0 Å². The summed E-state index contributed by atoms with van der Waals surface area (Å²) in [4.78, 5) is 0. The molecule has 0 rings (SSSR count). The molecule has 0 saturated carbocycles. The first-order valence-corrected chi connectivity index (χ1v) is 34.0. The predicted octanol–water partition coefficient (Wildman–Crippen LogP) is -11.8. The van der Waals surface area contributed by atoms with Gasteiger partial charge in [-0.15, -0.1) is 24.0 Å². The first kappa shape index (κ1) is 112. The van der Waals surface area contributed by atoms with E-state index in [9.17, 15) is 0 Å². The summed E-state index contributed by atoms with van der Waals surface area (Å²) in [6, 6.07) is 0. The van der Waals surface area contributed by atoms with Crippen LogP contribution >= 0.6 is 33.9 Å². The number of hydrogen-bond donors (Lipinski definition) is 0. The minimum Gasteiger partial charge on any atom is 0 e. The van der Waals surface area contributed by atoms with E-state index in [1.54, 1.807) is 0 Å². The first-order valence-electron chi connectivity index (χ1n) is 2.00. The summed E-state index contributed by atoms with van der Waals surface area (Å²) in [5.41, 5.74) is 0. The van der Waals surface area contributed by atoms with Gasteiger partial charge in [0.05, 0.1) is 0 Å². The molecule has 1 atom stereocenters. The Morgan fingerprint density at radius 1 is 0.444 bits per heavy atom. The summed E-state index contributed by atoms with van der Waals surface area (Å²) in [5, 5.41) is 0. The van der Waals surface area contributed by atoms with Crippen molar-refractivity contribution in [2.24, 2.45) is 0 Å². The fourth-order valence-corrected chi connectivity index (χ4v) is 0. The maximum atomic E-state index is 1.25.